The molecule has 0 bridgehead atoms. The third kappa shape index (κ3) is 5.27. The maximum Gasteiger partial charge on any atom is 0.227 e. The van der Waals surface area contributed by atoms with Gasteiger partial charge in [-0.25, -0.2) is 0 Å². The van der Waals surface area contributed by atoms with E-state index in [0.29, 0.717) is 11.5 Å². The van der Waals surface area contributed by atoms with Gasteiger partial charge in [-0.1, -0.05) is 42.5 Å². The Morgan fingerprint density at radius 2 is 2.00 bits per heavy atom. The third-order valence-electron chi connectivity index (χ3n) is 2.84. The van der Waals surface area contributed by atoms with Crippen LogP contribution in [0, 0.1) is 0 Å². The monoisotopic (exact) mass is 264 g/mol. The van der Waals surface area contributed by atoms with Gasteiger partial charge in [-0.2, -0.15) is 0 Å². The Morgan fingerprint density at radius 1 is 1.33 bits per heavy atom. The summed E-state index contributed by atoms with van der Waals surface area (Å²) in [5.41, 5.74) is 6.44. The fourth-order valence-electron chi connectivity index (χ4n) is 1.68. The summed E-state index contributed by atoms with van der Waals surface area (Å²) < 4.78 is 0. The minimum Gasteiger partial charge on any atom is -0.393 e. The lowest BCUT2D eigenvalue weighted by molar-refractivity contribution is -0.122. The number of unbranched alkanes of at least 4 members (excludes halogenated alkanes) is 1. The molecule has 3 N–H and O–H groups in total. The Balaban J connectivity index is 2.26. The van der Waals surface area contributed by atoms with Crippen molar-refractivity contribution >= 4 is 23.1 Å². The van der Waals surface area contributed by atoms with E-state index in [4.69, 9.17) is 18.0 Å². The van der Waals surface area contributed by atoms with Gasteiger partial charge in [0.05, 0.1) is 10.9 Å². The molecule has 0 aliphatic carbocycles. The zero-order valence-electron chi connectivity index (χ0n) is 10.7. The van der Waals surface area contributed by atoms with Crippen molar-refractivity contribution in [3.05, 3.63) is 35.9 Å². The normalized spacial score (nSPS) is 11.8. The number of carbonyl (C=O) groups excluding carboxylic acids is 1. The molecule has 18 heavy (non-hydrogen) atoms. The molecule has 0 radical (unpaired) electrons. The zero-order chi connectivity index (χ0) is 13.4. The fourth-order valence-corrected chi connectivity index (χ4v) is 1.83. The van der Waals surface area contributed by atoms with Crippen LogP contribution in [0.2, 0.25) is 0 Å². The summed E-state index contributed by atoms with van der Waals surface area (Å²) in [6.07, 6.45) is 2.58. The van der Waals surface area contributed by atoms with Crippen LogP contribution in [0.15, 0.2) is 30.3 Å². The van der Waals surface area contributed by atoms with E-state index in [-0.39, 0.29) is 11.8 Å². The minimum absolute atomic E-state index is 0.0662. The molecule has 0 aliphatic rings. The lowest BCUT2D eigenvalue weighted by Gasteiger charge is -2.12. The van der Waals surface area contributed by atoms with Crippen LogP contribution in [-0.2, 0) is 4.79 Å². The van der Waals surface area contributed by atoms with Crippen molar-refractivity contribution in [1.29, 1.82) is 0 Å². The first-order chi connectivity index (χ1) is 8.61. The number of hydrogen-bond donors (Lipinski definition) is 2. The van der Waals surface area contributed by atoms with Crippen LogP contribution in [0.25, 0.3) is 0 Å². The number of rotatable bonds is 7. The second-order valence-corrected chi connectivity index (χ2v) is 4.87. The van der Waals surface area contributed by atoms with Crippen molar-refractivity contribution in [1.82, 2.24) is 5.32 Å². The largest absolute Gasteiger partial charge is 0.393 e. The lowest BCUT2D eigenvalue weighted by Crippen LogP contribution is -2.29. The van der Waals surface area contributed by atoms with Crippen LogP contribution < -0.4 is 11.1 Å². The van der Waals surface area contributed by atoms with E-state index in [2.05, 4.69) is 5.32 Å². The number of amides is 1. The topological polar surface area (TPSA) is 55.1 Å². The molecule has 1 aromatic carbocycles. The second kappa shape index (κ2) is 7.82. The smallest absolute Gasteiger partial charge is 0.227 e. The van der Waals surface area contributed by atoms with Crippen LogP contribution in [0.5, 0.6) is 0 Å². The molecule has 0 fully saturated rings. The van der Waals surface area contributed by atoms with Gasteiger partial charge < -0.3 is 11.1 Å². The van der Waals surface area contributed by atoms with Gasteiger partial charge in [0, 0.05) is 6.54 Å². The van der Waals surface area contributed by atoms with Crippen molar-refractivity contribution in [3.63, 3.8) is 0 Å². The SMILES string of the molecule is CC(C(=O)NCCCCC(N)=S)c1ccccc1. The highest BCUT2D eigenvalue weighted by atomic mass is 32.1. The summed E-state index contributed by atoms with van der Waals surface area (Å²) in [5, 5.41) is 2.93. The van der Waals surface area contributed by atoms with Crippen LogP contribution in [-0.4, -0.2) is 17.4 Å². The first-order valence-corrected chi connectivity index (χ1v) is 6.63. The van der Waals surface area contributed by atoms with Crippen molar-refractivity contribution in [2.24, 2.45) is 5.73 Å². The van der Waals surface area contributed by atoms with Crippen molar-refractivity contribution in [2.45, 2.75) is 32.1 Å². The van der Waals surface area contributed by atoms with Gasteiger partial charge in [-0.05, 0) is 31.7 Å². The lowest BCUT2D eigenvalue weighted by atomic mass is 10.0. The van der Waals surface area contributed by atoms with Crippen molar-refractivity contribution in [2.75, 3.05) is 6.54 Å². The Labute approximate surface area is 114 Å². The van der Waals surface area contributed by atoms with Crippen LogP contribution in [0.1, 0.15) is 37.7 Å². The molecule has 1 atom stereocenters. The predicted octanol–water partition coefficient (Wildman–Crippen LogP) is 2.36. The molecular weight excluding hydrogens is 244 g/mol. The molecule has 98 valence electrons. The highest BCUT2D eigenvalue weighted by Crippen LogP contribution is 2.14. The molecule has 1 unspecified atom stereocenters. The van der Waals surface area contributed by atoms with Gasteiger partial charge in [0.25, 0.3) is 0 Å². The Hall–Kier alpha value is -1.42. The maximum absolute atomic E-state index is 11.9. The predicted molar refractivity (Wildman–Crippen MR) is 78.5 cm³/mol. The van der Waals surface area contributed by atoms with Gasteiger partial charge in [-0.3, -0.25) is 4.79 Å². The summed E-state index contributed by atoms with van der Waals surface area (Å²) in [4.78, 5) is 12.4. The van der Waals surface area contributed by atoms with Crippen LogP contribution >= 0.6 is 12.2 Å². The van der Waals surface area contributed by atoms with Crippen molar-refractivity contribution in [3.8, 4) is 0 Å². The van der Waals surface area contributed by atoms with E-state index in [1.807, 2.05) is 37.3 Å². The van der Waals surface area contributed by atoms with E-state index in [9.17, 15) is 4.79 Å². The first kappa shape index (κ1) is 14.6. The number of carbonyl (C=O) groups is 1. The summed E-state index contributed by atoms with van der Waals surface area (Å²) >= 11 is 4.79. The molecule has 1 amide bonds. The minimum atomic E-state index is -0.109. The van der Waals surface area contributed by atoms with E-state index >= 15 is 0 Å². The molecule has 3 nitrogen and oxygen atoms in total. The summed E-state index contributed by atoms with van der Waals surface area (Å²) in [6.45, 7) is 2.60. The van der Waals surface area contributed by atoms with E-state index < -0.39 is 0 Å². The average Bonchev–Trinajstić information content (AvgIpc) is 2.38. The first-order valence-electron chi connectivity index (χ1n) is 6.22. The highest BCUT2D eigenvalue weighted by Gasteiger charge is 2.13. The fraction of sp³-hybridized carbons (Fsp3) is 0.429. The molecule has 4 heteroatoms. The number of nitrogens with two attached hydrogens (primary N) is 1. The van der Waals surface area contributed by atoms with E-state index in [1.54, 1.807) is 0 Å². The molecule has 0 aromatic heterocycles. The molecule has 0 heterocycles. The molecule has 0 spiro atoms. The number of hydrogen-bond acceptors (Lipinski definition) is 2. The summed E-state index contributed by atoms with van der Waals surface area (Å²) in [6, 6.07) is 9.78. The molecule has 0 saturated heterocycles. The number of nitrogens with one attached hydrogen (secondary N) is 1. The van der Waals surface area contributed by atoms with E-state index in [1.165, 1.54) is 0 Å². The zero-order valence-corrected chi connectivity index (χ0v) is 11.5. The summed E-state index contributed by atoms with van der Waals surface area (Å²) in [7, 11) is 0. The van der Waals surface area contributed by atoms with Crippen molar-refractivity contribution < 1.29 is 4.79 Å². The highest BCUT2D eigenvalue weighted by molar-refractivity contribution is 7.80. The standard InChI is InChI=1S/C14H20N2OS/c1-11(12-7-3-2-4-8-12)14(17)16-10-6-5-9-13(15)18/h2-4,7-8,11H,5-6,9-10H2,1H3,(H2,15,18)(H,16,17). The van der Waals surface area contributed by atoms with Crippen LogP contribution in [0.3, 0.4) is 0 Å². The second-order valence-electron chi connectivity index (χ2n) is 4.35. The van der Waals surface area contributed by atoms with Gasteiger partial charge in [0.15, 0.2) is 0 Å². The average molecular weight is 264 g/mol. The number of thiocarbonyl (C=S) groups is 1. The van der Waals surface area contributed by atoms with Gasteiger partial charge in [0.2, 0.25) is 5.91 Å². The van der Waals surface area contributed by atoms with Gasteiger partial charge in [0.1, 0.15) is 0 Å². The molecule has 1 rings (SSSR count). The van der Waals surface area contributed by atoms with Gasteiger partial charge in [-0.15, -0.1) is 0 Å². The molecule has 0 aliphatic heterocycles. The Bertz CT molecular complexity index is 392. The molecule has 0 saturated carbocycles. The Morgan fingerprint density at radius 3 is 2.61 bits per heavy atom. The quantitative estimate of drug-likeness (QED) is 0.587. The molecule has 1 aromatic rings. The third-order valence-corrected chi connectivity index (χ3v) is 3.05. The molecular formula is C14H20N2OS. The summed E-state index contributed by atoms with van der Waals surface area (Å²) in [5.74, 6) is -0.0432. The maximum atomic E-state index is 11.9. The Kier molecular flexibility index (Phi) is 6.36. The number of benzene rings is 1. The van der Waals surface area contributed by atoms with E-state index in [0.717, 1.165) is 24.8 Å². The van der Waals surface area contributed by atoms with Gasteiger partial charge >= 0.3 is 0 Å². The van der Waals surface area contributed by atoms with Crippen LogP contribution in [0.4, 0.5) is 0 Å².